The predicted octanol–water partition coefficient (Wildman–Crippen LogP) is 11.7. The first-order chi connectivity index (χ1) is 23.6. The highest BCUT2D eigenvalue weighted by molar-refractivity contribution is 5.70. The summed E-state index contributed by atoms with van der Waals surface area (Å²) in [6.45, 7) is 3.90. The molecule has 0 aliphatic carbocycles. The number of aliphatic hydroxyl groups excluding tert-OH is 1. The molecule has 0 aliphatic rings. The minimum Gasteiger partial charge on any atom is -0.462 e. The number of ether oxygens (including phenoxy) is 2. The lowest BCUT2D eigenvalue weighted by molar-refractivity contribution is -0.161. The molecule has 0 rings (SSSR count). The minimum atomic E-state index is -0.827. The molecule has 0 amide bonds. The summed E-state index contributed by atoms with van der Waals surface area (Å²) in [6, 6.07) is 0. The number of carbonyl (C=O) groups is 2. The molecule has 0 bridgehead atoms. The van der Waals surface area contributed by atoms with E-state index in [4.69, 9.17) is 9.47 Å². The lowest BCUT2D eigenvalue weighted by atomic mass is 10.1. The first-order valence-electron chi connectivity index (χ1n) is 18.8. The monoisotopic (exact) mass is 665 g/mol. The Hall–Kier alpha value is -3.18. The molecule has 0 spiro atoms. The number of esters is 2. The standard InChI is InChI=1S/C43H68O5/c1-3-5-7-9-11-13-15-17-19-21-23-25-27-29-31-33-35-37-42(45)47-40-41(39-44)48-43(46)38-36-34-32-30-28-26-24-22-20-18-16-14-12-10-8-6-4-2/h6,8,12,14,17-20,23-26,29-32,41,44H,3-5,7,9-11,13,15-16,21-22,27-28,33-40H2,1-2H3/b8-6-,14-12-,19-17-,20-18-,25-23-,26-24-,31-29-,32-30-/t41-/m0/s1. The van der Waals surface area contributed by atoms with Gasteiger partial charge in [0.2, 0.25) is 0 Å². The van der Waals surface area contributed by atoms with Gasteiger partial charge in [-0.15, -0.1) is 0 Å². The topological polar surface area (TPSA) is 72.8 Å². The van der Waals surface area contributed by atoms with Gasteiger partial charge >= 0.3 is 11.9 Å². The summed E-state index contributed by atoms with van der Waals surface area (Å²) in [5.41, 5.74) is 0. The van der Waals surface area contributed by atoms with Gasteiger partial charge < -0.3 is 14.6 Å². The summed E-state index contributed by atoms with van der Waals surface area (Å²) in [4.78, 5) is 24.2. The van der Waals surface area contributed by atoms with Gasteiger partial charge in [0.15, 0.2) is 6.10 Å². The Morgan fingerprint density at radius 1 is 0.500 bits per heavy atom. The van der Waals surface area contributed by atoms with Crippen molar-refractivity contribution in [1.82, 2.24) is 0 Å². The van der Waals surface area contributed by atoms with Crippen LogP contribution in [0.4, 0.5) is 0 Å². The second-order valence-corrected chi connectivity index (χ2v) is 11.9. The molecular formula is C43H68O5. The number of hydrogen-bond acceptors (Lipinski definition) is 5. The largest absolute Gasteiger partial charge is 0.462 e. The molecule has 5 heteroatoms. The predicted molar refractivity (Wildman–Crippen MR) is 205 cm³/mol. The molecule has 0 fully saturated rings. The molecule has 0 heterocycles. The fourth-order valence-electron chi connectivity index (χ4n) is 4.54. The van der Waals surface area contributed by atoms with Crippen LogP contribution >= 0.6 is 0 Å². The van der Waals surface area contributed by atoms with E-state index in [1.54, 1.807) is 0 Å². The van der Waals surface area contributed by atoms with E-state index in [0.717, 1.165) is 57.8 Å². The Morgan fingerprint density at radius 3 is 1.35 bits per heavy atom. The van der Waals surface area contributed by atoms with Crippen LogP contribution in [-0.2, 0) is 19.1 Å². The number of unbranched alkanes of at least 4 members (excludes halogenated alkanes) is 8. The second kappa shape index (κ2) is 38.3. The van der Waals surface area contributed by atoms with Gasteiger partial charge in [-0.1, -0.05) is 143 Å². The fraction of sp³-hybridized carbons (Fsp3) is 0.581. The van der Waals surface area contributed by atoms with Gasteiger partial charge in [-0.05, 0) is 83.5 Å². The summed E-state index contributed by atoms with van der Waals surface area (Å²) in [5.74, 6) is -0.732. The molecule has 0 saturated carbocycles. The first kappa shape index (κ1) is 44.8. The van der Waals surface area contributed by atoms with Crippen LogP contribution in [0.5, 0.6) is 0 Å². The molecule has 0 aromatic heterocycles. The van der Waals surface area contributed by atoms with E-state index in [1.807, 2.05) is 0 Å². The van der Waals surface area contributed by atoms with Gasteiger partial charge in [-0.25, -0.2) is 0 Å². The number of aliphatic hydroxyl groups is 1. The van der Waals surface area contributed by atoms with Crippen molar-refractivity contribution in [2.45, 2.75) is 148 Å². The molecule has 5 nitrogen and oxygen atoms in total. The number of allylic oxidation sites excluding steroid dienone is 16. The minimum absolute atomic E-state index is 0.121. The normalized spacial score (nSPS) is 13.3. The van der Waals surface area contributed by atoms with E-state index in [9.17, 15) is 14.7 Å². The quantitative estimate of drug-likeness (QED) is 0.0440. The van der Waals surface area contributed by atoms with Crippen molar-refractivity contribution >= 4 is 11.9 Å². The maximum atomic E-state index is 12.1. The molecule has 0 aliphatic heterocycles. The van der Waals surface area contributed by atoms with E-state index in [1.165, 1.54) is 44.9 Å². The van der Waals surface area contributed by atoms with Crippen LogP contribution in [0.25, 0.3) is 0 Å². The maximum absolute atomic E-state index is 12.1. The molecule has 0 saturated heterocycles. The van der Waals surface area contributed by atoms with E-state index in [-0.39, 0.29) is 31.6 Å². The second-order valence-electron chi connectivity index (χ2n) is 11.9. The zero-order valence-corrected chi connectivity index (χ0v) is 30.5. The Labute approximate surface area is 294 Å². The van der Waals surface area contributed by atoms with Gasteiger partial charge in [0, 0.05) is 12.8 Å². The van der Waals surface area contributed by atoms with Crippen LogP contribution in [0, 0.1) is 0 Å². The molecular weight excluding hydrogens is 596 g/mol. The highest BCUT2D eigenvalue weighted by Gasteiger charge is 2.15. The third kappa shape index (κ3) is 35.7. The van der Waals surface area contributed by atoms with E-state index in [0.29, 0.717) is 19.3 Å². The Bertz CT molecular complexity index is 979. The van der Waals surface area contributed by atoms with Gasteiger partial charge in [0.25, 0.3) is 0 Å². The summed E-state index contributed by atoms with van der Waals surface area (Å²) >= 11 is 0. The van der Waals surface area contributed by atoms with Crippen molar-refractivity contribution in [2.75, 3.05) is 13.2 Å². The van der Waals surface area contributed by atoms with Crippen LogP contribution in [0.15, 0.2) is 97.2 Å². The summed E-state index contributed by atoms with van der Waals surface area (Å²) in [7, 11) is 0. The summed E-state index contributed by atoms with van der Waals surface area (Å²) in [5, 5.41) is 9.53. The SMILES string of the molecule is CC/C=C\C/C=C\C/C=C\C/C=C\C/C=C\CCCC(=O)O[C@@H](CO)COC(=O)CCC/C=C\C/C=C\C/C=C\CCCCCCCC. The first-order valence-corrected chi connectivity index (χ1v) is 18.8. The lowest BCUT2D eigenvalue weighted by Gasteiger charge is -2.15. The van der Waals surface area contributed by atoms with Crippen molar-refractivity contribution in [3.8, 4) is 0 Å². The van der Waals surface area contributed by atoms with Crippen molar-refractivity contribution in [2.24, 2.45) is 0 Å². The zero-order valence-electron chi connectivity index (χ0n) is 30.5. The Morgan fingerprint density at radius 2 is 0.896 bits per heavy atom. The third-order valence-electron chi connectivity index (χ3n) is 7.36. The average Bonchev–Trinajstić information content (AvgIpc) is 3.09. The highest BCUT2D eigenvalue weighted by atomic mass is 16.6. The number of hydrogen-bond donors (Lipinski definition) is 1. The van der Waals surface area contributed by atoms with Crippen molar-refractivity contribution in [3.05, 3.63) is 97.2 Å². The lowest BCUT2D eigenvalue weighted by Crippen LogP contribution is -2.28. The van der Waals surface area contributed by atoms with Gasteiger partial charge in [0.05, 0.1) is 6.61 Å². The number of rotatable bonds is 32. The third-order valence-corrected chi connectivity index (χ3v) is 7.36. The highest BCUT2D eigenvalue weighted by Crippen LogP contribution is 2.08. The maximum Gasteiger partial charge on any atom is 0.306 e. The van der Waals surface area contributed by atoms with Crippen LogP contribution in [0.1, 0.15) is 142 Å². The van der Waals surface area contributed by atoms with E-state index in [2.05, 4.69) is 111 Å². The van der Waals surface area contributed by atoms with E-state index < -0.39 is 6.10 Å². The Kier molecular flexibility index (Phi) is 35.7. The molecule has 0 aromatic rings. The average molecular weight is 665 g/mol. The van der Waals surface area contributed by atoms with Gasteiger partial charge in [-0.2, -0.15) is 0 Å². The zero-order chi connectivity index (χ0) is 35.0. The smallest absolute Gasteiger partial charge is 0.306 e. The van der Waals surface area contributed by atoms with Crippen LogP contribution in [-0.4, -0.2) is 36.4 Å². The van der Waals surface area contributed by atoms with Gasteiger partial charge in [0.1, 0.15) is 6.61 Å². The molecule has 48 heavy (non-hydrogen) atoms. The van der Waals surface area contributed by atoms with Crippen molar-refractivity contribution < 1.29 is 24.2 Å². The molecule has 270 valence electrons. The molecule has 1 N–H and O–H groups in total. The van der Waals surface area contributed by atoms with Crippen molar-refractivity contribution in [1.29, 1.82) is 0 Å². The molecule has 0 radical (unpaired) electrons. The van der Waals surface area contributed by atoms with Crippen LogP contribution < -0.4 is 0 Å². The van der Waals surface area contributed by atoms with Gasteiger partial charge in [-0.3, -0.25) is 9.59 Å². The summed E-state index contributed by atoms with van der Waals surface area (Å²) < 4.78 is 10.5. The molecule has 0 aromatic carbocycles. The number of carbonyl (C=O) groups excluding carboxylic acids is 2. The molecule has 0 unspecified atom stereocenters. The van der Waals surface area contributed by atoms with E-state index >= 15 is 0 Å². The fourth-order valence-corrected chi connectivity index (χ4v) is 4.54. The molecule has 1 atom stereocenters. The van der Waals surface area contributed by atoms with Crippen molar-refractivity contribution in [3.63, 3.8) is 0 Å². The van der Waals surface area contributed by atoms with Crippen LogP contribution in [0.2, 0.25) is 0 Å². The Balaban J connectivity index is 3.79. The summed E-state index contributed by atoms with van der Waals surface area (Å²) in [6.07, 6.45) is 53.3. The van der Waals surface area contributed by atoms with Crippen LogP contribution in [0.3, 0.4) is 0 Å².